The molecule has 0 saturated carbocycles. The molecule has 0 fully saturated rings. The van der Waals surface area contributed by atoms with Crippen molar-refractivity contribution in [3.8, 4) is 0 Å². The van der Waals surface area contributed by atoms with Gasteiger partial charge in [0.05, 0.1) is 5.56 Å². The lowest BCUT2D eigenvalue weighted by Crippen LogP contribution is -2.42. The summed E-state index contributed by atoms with van der Waals surface area (Å²) >= 11 is 0. The van der Waals surface area contributed by atoms with Crippen LogP contribution in [0.1, 0.15) is 51.5 Å². The Kier molecular flexibility index (Phi) is 8.46. The molecule has 0 saturated heterocycles. The van der Waals surface area contributed by atoms with Gasteiger partial charge in [-0.05, 0) is 50.7 Å². The molecule has 166 valence electrons. The van der Waals surface area contributed by atoms with Gasteiger partial charge in [-0.1, -0.05) is 33.1 Å². The zero-order valence-electron chi connectivity index (χ0n) is 17.7. The van der Waals surface area contributed by atoms with Crippen molar-refractivity contribution in [3.05, 3.63) is 50.3 Å². The van der Waals surface area contributed by atoms with Crippen molar-refractivity contribution in [1.82, 2.24) is 4.90 Å². The second-order valence-electron chi connectivity index (χ2n) is 7.62. The number of nitrogens with zero attached hydrogens (tertiary/aromatic N) is 1. The third kappa shape index (κ3) is 6.08. The minimum atomic E-state index is -4.43. The fraction of sp³-hybridized carbons (Fsp3) is 0.545. The maximum atomic E-state index is 12.7. The van der Waals surface area contributed by atoms with Crippen LogP contribution < -0.4 is 21.5 Å². The third-order valence-corrected chi connectivity index (χ3v) is 5.29. The molecule has 0 aliphatic heterocycles. The Labute approximate surface area is 175 Å². The highest BCUT2D eigenvalue weighted by Crippen LogP contribution is 2.30. The number of rotatable bonds is 12. The molecule has 30 heavy (non-hydrogen) atoms. The summed E-state index contributed by atoms with van der Waals surface area (Å²) in [4.78, 5) is 26.3. The molecule has 2 aromatic carbocycles. The first kappa shape index (κ1) is 23.9. The summed E-state index contributed by atoms with van der Waals surface area (Å²) in [5.74, 6) is 0. The minimum absolute atomic E-state index is 0.102. The quantitative estimate of drug-likeness (QED) is 0.481. The van der Waals surface area contributed by atoms with Crippen LogP contribution in [0.4, 0.5) is 30.2 Å². The van der Waals surface area contributed by atoms with Gasteiger partial charge in [0.15, 0.2) is 0 Å². The van der Waals surface area contributed by atoms with E-state index in [1.165, 1.54) is 12.1 Å². The molecule has 2 N–H and O–H groups in total. The largest absolute Gasteiger partial charge is 0.416 e. The Bertz CT molecular complexity index is 871. The molecule has 0 aliphatic carbocycles. The van der Waals surface area contributed by atoms with Gasteiger partial charge in [-0.15, -0.1) is 0 Å². The fourth-order valence-electron chi connectivity index (χ4n) is 3.29. The van der Waals surface area contributed by atoms with Crippen molar-refractivity contribution in [2.24, 2.45) is 0 Å². The van der Waals surface area contributed by atoms with E-state index in [1.54, 1.807) is 0 Å². The summed E-state index contributed by atoms with van der Waals surface area (Å²) in [5, 5.41) is 5.88. The van der Waals surface area contributed by atoms with Gasteiger partial charge < -0.3 is 15.5 Å². The number of likely N-dealkylation sites (N-methyl/N-ethyl adjacent to an activating group) is 1. The molecular weight excluding hydrogens is 395 g/mol. The van der Waals surface area contributed by atoms with E-state index in [0.717, 1.165) is 50.8 Å². The Balaban J connectivity index is 2.07. The fourth-order valence-corrected chi connectivity index (χ4v) is 3.29. The van der Waals surface area contributed by atoms with Crippen LogP contribution in [-0.2, 0) is 6.18 Å². The predicted octanol–water partition coefficient (Wildman–Crippen LogP) is 4.75. The van der Waals surface area contributed by atoms with E-state index in [2.05, 4.69) is 36.4 Å². The number of hydrogen-bond donors (Lipinski definition) is 2. The van der Waals surface area contributed by atoms with Crippen LogP contribution in [0.2, 0.25) is 0 Å². The molecule has 0 radical (unpaired) electrons. The molecule has 5 nitrogen and oxygen atoms in total. The number of alkyl halides is 3. The molecule has 0 aliphatic rings. The average molecular weight is 425 g/mol. The molecule has 8 heteroatoms. The van der Waals surface area contributed by atoms with Gasteiger partial charge in [-0.2, -0.15) is 13.2 Å². The van der Waals surface area contributed by atoms with Crippen molar-refractivity contribution in [3.63, 3.8) is 0 Å². The van der Waals surface area contributed by atoms with Crippen molar-refractivity contribution in [2.45, 2.75) is 58.2 Å². The van der Waals surface area contributed by atoms with E-state index < -0.39 is 22.6 Å². The standard InChI is InChI=1S/C22H30F3N3O2/c1-4-6-8-17(28(3)13-7-5-2)14-26-18-19(21(30)20(18)29)27-16-11-9-15(10-12-16)22(23,24)25/h9-12,17,26-27H,4-8,13-14H2,1-3H3. The summed E-state index contributed by atoms with van der Waals surface area (Å²) in [6.45, 7) is 5.73. The highest BCUT2D eigenvalue weighted by molar-refractivity contribution is 5.78. The first-order valence-corrected chi connectivity index (χ1v) is 10.4. The first-order chi connectivity index (χ1) is 14.2. The molecule has 0 amide bonds. The first-order valence-electron chi connectivity index (χ1n) is 10.4. The maximum Gasteiger partial charge on any atom is 0.416 e. The lowest BCUT2D eigenvalue weighted by molar-refractivity contribution is -0.137. The van der Waals surface area contributed by atoms with Crippen LogP contribution in [0, 0.1) is 0 Å². The lowest BCUT2D eigenvalue weighted by Gasteiger charge is -2.29. The molecule has 1 atom stereocenters. The van der Waals surface area contributed by atoms with Gasteiger partial charge in [0.25, 0.3) is 10.9 Å². The van der Waals surface area contributed by atoms with Crippen molar-refractivity contribution >= 4 is 17.1 Å². The smallest absolute Gasteiger partial charge is 0.378 e. The average Bonchev–Trinajstić information content (AvgIpc) is 2.72. The third-order valence-electron chi connectivity index (χ3n) is 5.29. The molecule has 0 spiro atoms. The number of hydrogen-bond acceptors (Lipinski definition) is 5. The summed E-state index contributed by atoms with van der Waals surface area (Å²) < 4.78 is 38.1. The zero-order valence-corrected chi connectivity index (χ0v) is 17.7. The molecule has 1 unspecified atom stereocenters. The molecular formula is C22H30F3N3O2. The maximum absolute atomic E-state index is 12.7. The van der Waals surface area contributed by atoms with Crippen molar-refractivity contribution in [2.75, 3.05) is 30.8 Å². The van der Waals surface area contributed by atoms with Gasteiger partial charge in [-0.3, -0.25) is 9.59 Å². The summed E-state index contributed by atoms with van der Waals surface area (Å²) in [6, 6.07) is 4.58. The Morgan fingerprint density at radius 3 is 2.13 bits per heavy atom. The Morgan fingerprint density at radius 1 is 0.967 bits per heavy atom. The van der Waals surface area contributed by atoms with Gasteiger partial charge in [0, 0.05) is 18.3 Å². The Morgan fingerprint density at radius 2 is 1.57 bits per heavy atom. The van der Waals surface area contributed by atoms with Crippen LogP contribution in [0.5, 0.6) is 0 Å². The van der Waals surface area contributed by atoms with Gasteiger partial charge in [0.2, 0.25) is 0 Å². The predicted molar refractivity (Wildman–Crippen MR) is 115 cm³/mol. The number of unbranched alkanes of at least 4 members (excludes halogenated alkanes) is 2. The minimum Gasteiger partial charge on any atom is -0.378 e. The van der Waals surface area contributed by atoms with Gasteiger partial charge >= 0.3 is 6.18 Å². The SMILES string of the molecule is CCCCC(CNc1c(Nc2ccc(C(F)(F)F)cc2)c(=O)c1=O)N(C)CCCC. The van der Waals surface area contributed by atoms with Crippen molar-refractivity contribution in [1.29, 1.82) is 0 Å². The second-order valence-corrected chi connectivity index (χ2v) is 7.62. The van der Waals surface area contributed by atoms with Gasteiger partial charge in [-0.25, -0.2) is 0 Å². The van der Waals surface area contributed by atoms with Crippen LogP contribution in [0.3, 0.4) is 0 Å². The topological polar surface area (TPSA) is 61.4 Å². The normalized spacial score (nSPS) is 13.0. The summed E-state index contributed by atoms with van der Waals surface area (Å²) in [5.41, 5.74) is -1.42. The molecule has 0 aromatic heterocycles. The molecule has 2 rings (SSSR count). The van der Waals surface area contributed by atoms with E-state index in [4.69, 9.17) is 0 Å². The molecule has 0 bridgehead atoms. The number of halogens is 3. The van der Waals surface area contributed by atoms with Gasteiger partial charge in [0.1, 0.15) is 11.4 Å². The Hall–Kier alpha value is -2.35. The van der Waals surface area contributed by atoms with Crippen LogP contribution in [-0.4, -0.2) is 31.1 Å². The van der Waals surface area contributed by atoms with Crippen LogP contribution >= 0.6 is 0 Å². The molecule has 2 aromatic rings. The number of nitrogens with one attached hydrogen (secondary N) is 2. The lowest BCUT2D eigenvalue weighted by atomic mass is 10.1. The summed E-state index contributed by atoms with van der Waals surface area (Å²) in [7, 11) is 2.06. The van der Waals surface area contributed by atoms with E-state index in [-0.39, 0.29) is 17.4 Å². The van der Waals surface area contributed by atoms with E-state index in [1.807, 2.05) is 0 Å². The number of benzene rings is 1. The highest BCUT2D eigenvalue weighted by atomic mass is 19.4. The summed E-state index contributed by atoms with van der Waals surface area (Å²) in [6.07, 6.45) is 0.854. The van der Waals surface area contributed by atoms with E-state index >= 15 is 0 Å². The number of anilines is 3. The molecule has 0 heterocycles. The van der Waals surface area contributed by atoms with Crippen LogP contribution in [0.25, 0.3) is 0 Å². The van der Waals surface area contributed by atoms with E-state index in [0.29, 0.717) is 12.2 Å². The zero-order chi connectivity index (χ0) is 22.3. The van der Waals surface area contributed by atoms with Crippen LogP contribution in [0.15, 0.2) is 33.9 Å². The van der Waals surface area contributed by atoms with E-state index in [9.17, 15) is 22.8 Å². The van der Waals surface area contributed by atoms with Crippen molar-refractivity contribution < 1.29 is 13.2 Å². The monoisotopic (exact) mass is 425 g/mol. The highest BCUT2D eigenvalue weighted by Gasteiger charge is 2.30. The second kappa shape index (κ2) is 10.6.